The van der Waals surface area contributed by atoms with E-state index in [9.17, 15) is 4.79 Å². The Morgan fingerprint density at radius 2 is 2.17 bits per heavy atom. The molecule has 2 heterocycles. The number of aromatic nitrogens is 2. The Kier molecular flexibility index (Phi) is 4.47. The number of carbonyl (C=O) groups is 1. The number of anilines is 1. The summed E-state index contributed by atoms with van der Waals surface area (Å²) in [4.78, 5) is 19.0. The second-order valence-electron chi connectivity index (χ2n) is 4.97. The molecule has 0 aliphatic carbocycles. The van der Waals surface area contributed by atoms with Gasteiger partial charge in [0, 0.05) is 23.4 Å². The molecule has 0 bridgehead atoms. The molecule has 0 spiro atoms. The zero-order chi connectivity index (χ0) is 16.2. The van der Waals surface area contributed by atoms with Gasteiger partial charge in [-0.1, -0.05) is 12.1 Å². The summed E-state index contributed by atoms with van der Waals surface area (Å²) < 4.78 is 1.76. The van der Waals surface area contributed by atoms with Crippen molar-refractivity contribution < 1.29 is 4.79 Å². The van der Waals surface area contributed by atoms with E-state index < -0.39 is 0 Å². The average molecular weight is 327 g/mol. The van der Waals surface area contributed by atoms with Crippen LogP contribution in [0.2, 0.25) is 0 Å². The number of amides is 2. The van der Waals surface area contributed by atoms with Crippen molar-refractivity contribution >= 4 is 29.8 Å². The van der Waals surface area contributed by atoms with Crippen LogP contribution in [-0.4, -0.2) is 39.9 Å². The van der Waals surface area contributed by atoms with E-state index in [2.05, 4.69) is 15.4 Å². The van der Waals surface area contributed by atoms with Crippen LogP contribution in [0.1, 0.15) is 5.69 Å². The number of thioether (sulfide) groups is 1. The van der Waals surface area contributed by atoms with Crippen molar-refractivity contribution in [3.8, 4) is 5.69 Å². The topological polar surface area (TPSA) is 62.5 Å². The smallest absolute Gasteiger partial charge is 0.292 e. The minimum Gasteiger partial charge on any atom is -0.292 e. The van der Waals surface area contributed by atoms with Gasteiger partial charge in [-0.2, -0.15) is 5.10 Å². The molecule has 1 aliphatic heterocycles. The molecule has 3 rings (SSSR count). The molecule has 118 valence electrons. The highest BCUT2D eigenvalue weighted by Gasteiger charge is 2.16. The zero-order valence-electron chi connectivity index (χ0n) is 12.9. The average Bonchev–Trinajstić information content (AvgIpc) is 2.95. The third-order valence-electron chi connectivity index (χ3n) is 3.33. The van der Waals surface area contributed by atoms with E-state index in [1.54, 1.807) is 34.9 Å². The number of allylic oxidation sites excluding steroid dienone is 1. The van der Waals surface area contributed by atoms with Gasteiger partial charge in [0.2, 0.25) is 0 Å². The van der Waals surface area contributed by atoms with E-state index in [0.717, 1.165) is 16.3 Å². The number of aliphatic imine (C=N–C) groups is 1. The van der Waals surface area contributed by atoms with Crippen molar-refractivity contribution in [2.24, 2.45) is 4.99 Å². The third kappa shape index (κ3) is 3.29. The summed E-state index contributed by atoms with van der Waals surface area (Å²) in [5, 5.41) is 7.41. The first kappa shape index (κ1) is 15.4. The van der Waals surface area contributed by atoms with Gasteiger partial charge < -0.3 is 0 Å². The molecule has 0 radical (unpaired) electrons. The number of hydrogen-bond acceptors (Lipinski definition) is 4. The Morgan fingerprint density at radius 3 is 2.91 bits per heavy atom. The number of aryl methyl sites for hydroxylation is 1. The predicted molar refractivity (Wildman–Crippen MR) is 93.4 cm³/mol. The minimum atomic E-state index is -0.235. The molecule has 0 saturated carbocycles. The van der Waals surface area contributed by atoms with E-state index >= 15 is 0 Å². The van der Waals surface area contributed by atoms with Crippen molar-refractivity contribution in [2.75, 3.05) is 18.2 Å². The molecule has 23 heavy (non-hydrogen) atoms. The molecule has 0 saturated heterocycles. The van der Waals surface area contributed by atoms with Crippen LogP contribution < -0.4 is 5.32 Å². The molecule has 7 heteroatoms. The molecule has 6 nitrogen and oxygen atoms in total. The van der Waals surface area contributed by atoms with Crippen molar-refractivity contribution in [3.63, 3.8) is 0 Å². The molecule has 1 aliphatic rings. The fourth-order valence-electron chi connectivity index (χ4n) is 2.28. The van der Waals surface area contributed by atoms with Gasteiger partial charge in [0.1, 0.15) is 12.5 Å². The van der Waals surface area contributed by atoms with Crippen molar-refractivity contribution in [1.29, 1.82) is 0 Å². The fourth-order valence-corrected chi connectivity index (χ4v) is 2.85. The normalized spacial score (nSPS) is 13.4. The molecule has 1 aromatic heterocycles. The van der Waals surface area contributed by atoms with Gasteiger partial charge in [-0.15, -0.1) is 11.8 Å². The molecule has 2 aromatic rings. The van der Waals surface area contributed by atoms with Crippen LogP contribution in [0.5, 0.6) is 0 Å². The van der Waals surface area contributed by atoms with Crippen LogP contribution in [0.25, 0.3) is 5.69 Å². The van der Waals surface area contributed by atoms with Crippen LogP contribution in [0, 0.1) is 6.92 Å². The van der Waals surface area contributed by atoms with E-state index in [4.69, 9.17) is 0 Å². The third-order valence-corrected chi connectivity index (χ3v) is 4.12. The number of urea groups is 1. The maximum absolute atomic E-state index is 12.4. The number of rotatable bonds is 3. The lowest BCUT2D eigenvalue weighted by atomic mass is 10.3. The van der Waals surface area contributed by atoms with Gasteiger partial charge in [-0.25, -0.2) is 9.48 Å². The van der Waals surface area contributed by atoms with Crippen LogP contribution >= 0.6 is 11.8 Å². The summed E-state index contributed by atoms with van der Waals surface area (Å²) >= 11 is 1.64. The fraction of sp³-hybridized carbons (Fsp3) is 0.188. The lowest BCUT2D eigenvalue weighted by molar-refractivity contribution is 0.229. The summed E-state index contributed by atoms with van der Waals surface area (Å²) in [6, 6.07) is 9.58. The lowest BCUT2D eigenvalue weighted by Crippen LogP contribution is -2.32. The molecular weight excluding hydrogens is 310 g/mol. The number of para-hydroxylation sites is 1. The molecule has 0 atom stereocenters. The summed E-state index contributed by atoms with van der Waals surface area (Å²) in [5.41, 5.74) is 1.78. The monoisotopic (exact) mass is 327 g/mol. The first-order valence-electron chi connectivity index (χ1n) is 7.13. The van der Waals surface area contributed by atoms with Crippen molar-refractivity contribution in [1.82, 2.24) is 14.7 Å². The summed E-state index contributed by atoms with van der Waals surface area (Å²) in [5.74, 6) is 0.636. The maximum atomic E-state index is 12.4. The molecular formula is C16H17N5OS. The van der Waals surface area contributed by atoms with Gasteiger partial charge in [0.15, 0.2) is 0 Å². The summed E-state index contributed by atoms with van der Waals surface area (Å²) in [6.07, 6.45) is 7.12. The van der Waals surface area contributed by atoms with Crippen LogP contribution in [0.15, 0.2) is 52.5 Å². The maximum Gasteiger partial charge on any atom is 0.328 e. The number of hydrogen-bond donors (Lipinski definition) is 1. The van der Waals surface area contributed by atoms with Crippen LogP contribution in [-0.2, 0) is 0 Å². The van der Waals surface area contributed by atoms with Gasteiger partial charge in [0.25, 0.3) is 0 Å². The quantitative estimate of drug-likeness (QED) is 0.880. The Balaban J connectivity index is 1.90. The first-order chi connectivity index (χ1) is 11.2. The molecule has 2 amide bonds. The number of carbonyl (C=O) groups excluding carboxylic acids is 1. The van der Waals surface area contributed by atoms with Crippen molar-refractivity contribution in [2.45, 2.75) is 11.8 Å². The second-order valence-corrected chi connectivity index (χ2v) is 5.82. The van der Waals surface area contributed by atoms with E-state index in [1.165, 1.54) is 4.90 Å². The van der Waals surface area contributed by atoms with Gasteiger partial charge in [0.05, 0.1) is 11.4 Å². The van der Waals surface area contributed by atoms with Crippen LogP contribution in [0.4, 0.5) is 10.6 Å². The Morgan fingerprint density at radius 1 is 1.35 bits per heavy atom. The van der Waals surface area contributed by atoms with E-state index in [1.807, 2.05) is 43.5 Å². The van der Waals surface area contributed by atoms with Gasteiger partial charge >= 0.3 is 6.03 Å². The van der Waals surface area contributed by atoms with Gasteiger partial charge in [-0.3, -0.25) is 15.2 Å². The van der Waals surface area contributed by atoms with Crippen molar-refractivity contribution in [3.05, 3.63) is 48.3 Å². The zero-order valence-corrected chi connectivity index (χ0v) is 13.7. The molecule has 1 aromatic carbocycles. The SMILES string of the molecule is CSc1ccccc1-n1nc(C)cc1NC(=O)N1C=CC=NC1. The number of nitrogens with one attached hydrogen (secondary N) is 1. The molecule has 0 unspecified atom stereocenters. The standard InChI is InChI=1S/C16H17N5OS/c1-12-10-15(18-16(22)20-9-5-8-17-11-20)21(19-12)13-6-3-4-7-14(13)23-2/h3-10H,11H2,1-2H3,(H,18,22). The Hall–Kier alpha value is -2.54. The largest absolute Gasteiger partial charge is 0.328 e. The second kappa shape index (κ2) is 6.70. The molecule has 1 N–H and O–H groups in total. The van der Waals surface area contributed by atoms with Crippen LogP contribution in [0.3, 0.4) is 0 Å². The highest BCUT2D eigenvalue weighted by atomic mass is 32.2. The Bertz CT molecular complexity index is 781. The lowest BCUT2D eigenvalue weighted by Gasteiger charge is -2.19. The number of nitrogens with zero attached hydrogens (tertiary/aromatic N) is 4. The van der Waals surface area contributed by atoms with Gasteiger partial charge in [-0.05, 0) is 31.4 Å². The summed E-state index contributed by atoms with van der Waals surface area (Å²) in [6.45, 7) is 2.22. The highest BCUT2D eigenvalue weighted by Crippen LogP contribution is 2.26. The minimum absolute atomic E-state index is 0.235. The van der Waals surface area contributed by atoms with E-state index in [0.29, 0.717) is 12.5 Å². The first-order valence-corrected chi connectivity index (χ1v) is 8.36. The Labute approximate surface area is 138 Å². The van der Waals surface area contributed by atoms with E-state index in [-0.39, 0.29) is 6.03 Å². The predicted octanol–water partition coefficient (Wildman–Crippen LogP) is 3.29. The number of benzene rings is 1. The molecule has 0 fully saturated rings. The highest BCUT2D eigenvalue weighted by molar-refractivity contribution is 7.98. The summed E-state index contributed by atoms with van der Waals surface area (Å²) in [7, 11) is 0.